The minimum absolute atomic E-state index is 0.128. The van der Waals surface area contributed by atoms with Crippen molar-refractivity contribution in [1.82, 2.24) is 10.1 Å². The highest BCUT2D eigenvalue weighted by Gasteiger charge is 2.35. The van der Waals surface area contributed by atoms with Gasteiger partial charge in [-0.05, 0) is 12.3 Å². The Morgan fingerprint density at radius 3 is 2.19 bits per heavy atom. The second kappa shape index (κ2) is 4.17. The fourth-order valence-corrected chi connectivity index (χ4v) is 1.54. The summed E-state index contributed by atoms with van der Waals surface area (Å²) in [4.78, 5) is 4.44. The molecule has 0 fully saturated rings. The van der Waals surface area contributed by atoms with Crippen LogP contribution in [0.4, 0.5) is 0 Å². The minimum Gasteiger partial charge on any atom is -0.339 e. The van der Waals surface area contributed by atoms with Crippen LogP contribution >= 0.6 is 0 Å². The van der Waals surface area contributed by atoms with Gasteiger partial charge in [-0.15, -0.1) is 0 Å². The highest BCUT2D eigenvalue weighted by molar-refractivity contribution is 5.08. The predicted octanol–water partition coefficient (Wildman–Crippen LogP) is 2.59. The van der Waals surface area contributed by atoms with E-state index in [1.807, 2.05) is 27.7 Å². The standard InChI is InChI=1S/C12H23N3O/c1-7-12(13,8(2)3)9-14-10(16-15-9)11(4,5)6/h8H,7,13H2,1-6H3. The van der Waals surface area contributed by atoms with Gasteiger partial charge in [0.05, 0.1) is 5.54 Å². The van der Waals surface area contributed by atoms with E-state index in [0.29, 0.717) is 11.7 Å². The molecule has 1 unspecified atom stereocenters. The van der Waals surface area contributed by atoms with Crippen LogP contribution in [0.25, 0.3) is 0 Å². The molecule has 4 heteroatoms. The number of nitrogens with zero attached hydrogens (tertiary/aromatic N) is 2. The molecule has 0 radical (unpaired) electrons. The van der Waals surface area contributed by atoms with Crippen molar-refractivity contribution in [1.29, 1.82) is 0 Å². The Hall–Kier alpha value is -0.900. The first-order chi connectivity index (χ1) is 7.21. The molecular formula is C12H23N3O. The summed E-state index contributed by atoms with van der Waals surface area (Å²) in [5.74, 6) is 1.55. The Morgan fingerprint density at radius 2 is 1.88 bits per heavy atom. The molecule has 1 aromatic heterocycles. The molecule has 16 heavy (non-hydrogen) atoms. The first-order valence-corrected chi connectivity index (χ1v) is 5.85. The van der Waals surface area contributed by atoms with E-state index >= 15 is 0 Å². The molecule has 2 N–H and O–H groups in total. The fourth-order valence-electron chi connectivity index (χ4n) is 1.54. The van der Waals surface area contributed by atoms with E-state index in [1.54, 1.807) is 0 Å². The van der Waals surface area contributed by atoms with Gasteiger partial charge in [-0.25, -0.2) is 0 Å². The summed E-state index contributed by atoms with van der Waals surface area (Å²) in [6, 6.07) is 0. The van der Waals surface area contributed by atoms with Crippen LogP contribution in [-0.2, 0) is 11.0 Å². The van der Waals surface area contributed by atoms with Gasteiger partial charge >= 0.3 is 0 Å². The number of rotatable bonds is 3. The lowest BCUT2D eigenvalue weighted by Crippen LogP contribution is -2.42. The number of aromatic nitrogens is 2. The van der Waals surface area contributed by atoms with Gasteiger partial charge in [0.15, 0.2) is 5.82 Å². The lowest BCUT2D eigenvalue weighted by atomic mass is 9.84. The molecule has 92 valence electrons. The summed E-state index contributed by atoms with van der Waals surface area (Å²) in [7, 11) is 0. The smallest absolute Gasteiger partial charge is 0.232 e. The van der Waals surface area contributed by atoms with E-state index in [1.165, 1.54) is 0 Å². The Balaban J connectivity index is 3.10. The average molecular weight is 225 g/mol. The Labute approximate surface area is 97.6 Å². The van der Waals surface area contributed by atoms with Gasteiger partial charge in [0, 0.05) is 5.41 Å². The van der Waals surface area contributed by atoms with Gasteiger partial charge in [0.2, 0.25) is 5.89 Å². The maximum absolute atomic E-state index is 6.33. The molecule has 0 spiro atoms. The molecule has 0 aliphatic heterocycles. The molecule has 0 amide bonds. The van der Waals surface area contributed by atoms with Crippen molar-refractivity contribution in [2.75, 3.05) is 0 Å². The van der Waals surface area contributed by atoms with Crippen LogP contribution in [0.15, 0.2) is 4.52 Å². The molecule has 0 saturated carbocycles. The highest BCUT2D eigenvalue weighted by Crippen LogP contribution is 2.30. The second-order valence-corrected chi connectivity index (χ2v) is 5.72. The third-order valence-corrected chi connectivity index (χ3v) is 3.10. The topological polar surface area (TPSA) is 64.9 Å². The first-order valence-electron chi connectivity index (χ1n) is 5.85. The lowest BCUT2D eigenvalue weighted by Gasteiger charge is -2.28. The van der Waals surface area contributed by atoms with Crippen LogP contribution in [0.5, 0.6) is 0 Å². The molecule has 0 aliphatic carbocycles. The van der Waals surface area contributed by atoms with Crippen molar-refractivity contribution in [2.24, 2.45) is 11.7 Å². The molecule has 1 rings (SSSR count). The van der Waals surface area contributed by atoms with Crippen LogP contribution in [0.1, 0.15) is 59.7 Å². The van der Waals surface area contributed by atoms with Crippen molar-refractivity contribution >= 4 is 0 Å². The summed E-state index contributed by atoms with van der Waals surface area (Å²) >= 11 is 0. The van der Waals surface area contributed by atoms with Gasteiger partial charge in [-0.3, -0.25) is 0 Å². The second-order valence-electron chi connectivity index (χ2n) is 5.72. The van der Waals surface area contributed by atoms with E-state index in [9.17, 15) is 0 Å². The van der Waals surface area contributed by atoms with Crippen LogP contribution in [-0.4, -0.2) is 10.1 Å². The van der Waals surface area contributed by atoms with Crippen molar-refractivity contribution in [3.8, 4) is 0 Å². The molecule has 0 saturated heterocycles. The SMILES string of the molecule is CCC(N)(c1noc(C(C)(C)C)n1)C(C)C. The summed E-state index contributed by atoms with van der Waals surface area (Å²) in [6.07, 6.45) is 0.799. The third-order valence-electron chi connectivity index (χ3n) is 3.10. The Bertz CT molecular complexity index is 351. The number of hydrogen-bond donors (Lipinski definition) is 1. The summed E-state index contributed by atoms with van der Waals surface area (Å²) in [5, 5.41) is 4.04. The van der Waals surface area contributed by atoms with Gasteiger partial charge in [-0.1, -0.05) is 46.7 Å². The molecule has 1 aromatic rings. The fraction of sp³-hybridized carbons (Fsp3) is 0.833. The van der Waals surface area contributed by atoms with E-state index in [0.717, 1.165) is 6.42 Å². The van der Waals surface area contributed by atoms with E-state index < -0.39 is 5.54 Å². The van der Waals surface area contributed by atoms with E-state index in [2.05, 4.69) is 24.0 Å². The maximum Gasteiger partial charge on any atom is 0.232 e. The Morgan fingerprint density at radius 1 is 1.31 bits per heavy atom. The third kappa shape index (κ3) is 2.26. The zero-order chi connectivity index (χ0) is 12.6. The average Bonchev–Trinajstić information content (AvgIpc) is 2.64. The van der Waals surface area contributed by atoms with Gasteiger partial charge < -0.3 is 10.3 Å². The molecule has 1 heterocycles. The quantitative estimate of drug-likeness (QED) is 0.858. The highest BCUT2D eigenvalue weighted by atomic mass is 16.5. The first kappa shape index (κ1) is 13.2. The Kier molecular flexibility index (Phi) is 3.43. The molecular weight excluding hydrogens is 202 g/mol. The summed E-state index contributed by atoms with van der Waals surface area (Å²) in [6.45, 7) is 12.3. The monoisotopic (exact) mass is 225 g/mol. The van der Waals surface area contributed by atoms with Gasteiger partial charge in [-0.2, -0.15) is 4.98 Å². The molecule has 0 aliphatic rings. The van der Waals surface area contributed by atoms with E-state index in [4.69, 9.17) is 10.3 Å². The van der Waals surface area contributed by atoms with Crippen LogP contribution in [0.2, 0.25) is 0 Å². The van der Waals surface area contributed by atoms with Crippen molar-refractivity contribution in [2.45, 2.75) is 58.9 Å². The largest absolute Gasteiger partial charge is 0.339 e. The van der Waals surface area contributed by atoms with Crippen molar-refractivity contribution in [3.05, 3.63) is 11.7 Å². The summed E-state index contributed by atoms with van der Waals surface area (Å²) < 4.78 is 5.29. The molecule has 0 aromatic carbocycles. The lowest BCUT2D eigenvalue weighted by molar-refractivity contribution is 0.267. The predicted molar refractivity (Wildman–Crippen MR) is 64.0 cm³/mol. The minimum atomic E-state index is -0.493. The van der Waals surface area contributed by atoms with Crippen LogP contribution < -0.4 is 5.73 Å². The maximum atomic E-state index is 6.33. The number of nitrogens with two attached hydrogens (primary N) is 1. The zero-order valence-corrected chi connectivity index (χ0v) is 11.2. The summed E-state index contributed by atoms with van der Waals surface area (Å²) in [5.41, 5.74) is 5.71. The van der Waals surface area contributed by atoms with Gasteiger partial charge in [0.1, 0.15) is 0 Å². The molecule has 4 nitrogen and oxygen atoms in total. The normalized spacial score (nSPS) is 16.5. The zero-order valence-electron chi connectivity index (χ0n) is 11.2. The van der Waals surface area contributed by atoms with E-state index in [-0.39, 0.29) is 11.3 Å². The van der Waals surface area contributed by atoms with Crippen LogP contribution in [0, 0.1) is 5.92 Å². The molecule has 0 bridgehead atoms. The van der Waals surface area contributed by atoms with Gasteiger partial charge in [0.25, 0.3) is 0 Å². The van der Waals surface area contributed by atoms with Crippen molar-refractivity contribution < 1.29 is 4.52 Å². The molecule has 1 atom stereocenters. The number of hydrogen-bond acceptors (Lipinski definition) is 4. The van der Waals surface area contributed by atoms with Crippen LogP contribution in [0.3, 0.4) is 0 Å². The van der Waals surface area contributed by atoms with Crippen molar-refractivity contribution in [3.63, 3.8) is 0 Å².